The van der Waals surface area contributed by atoms with Crippen LogP contribution in [0.4, 0.5) is 0 Å². The lowest BCUT2D eigenvalue weighted by atomic mass is 9.97. The maximum absolute atomic E-state index is 14.0. The number of aliphatic hydroxyl groups is 10. The zero-order chi connectivity index (χ0) is 68.8. The van der Waals surface area contributed by atoms with Crippen molar-refractivity contribution in [2.24, 2.45) is 5.92 Å². The molecule has 6 saturated heterocycles. The molecule has 11 unspecified atom stereocenters. The minimum atomic E-state index is -5.04. The number of rotatable bonds is 35. The second-order valence-corrected chi connectivity index (χ2v) is 27.8. The average Bonchev–Trinajstić information content (AvgIpc) is 1.42. The molecule has 6 amide bonds. The zero-order valence-corrected chi connectivity index (χ0v) is 54.6. The van der Waals surface area contributed by atoms with Gasteiger partial charge in [-0.15, -0.1) is 0 Å². The van der Waals surface area contributed by atoms with Crippen LogP contribution in [-0.2, 0) is 84.4 Å². The highest BCUT2D eigenvalue weighted by molar-refractivity contribution is 7.47. The number of β-amino-alcohol motifs (C(OH)–C–C–N with tert-alkyl or cyclic N) is 1. The number of hydrogen-bond acceptors (Lipinski definition) is 28. The summed E-state index contributed by atoms with van der Waals surface area (Å²) >= 11 is 0. The van der Waals surface area contributed by atoms with Crippen LogP contribution in [-0.4, -0.2) is 312 Å². The number of nitrogens with zero attached hydrogens (tertiary/aromatic N) is 3. The van der Waals surface area contributed by atoms with E-state index in [4.69, 9.17) is 46.5 Å². The summed E-state index contributed by atoms with van der Waals surface area (Å²) in [5.74, 6) is -2.75. The maximum Gasteiger partial charge on any atom is 0.472 e. The number of likely N-dealkylation sites (tertiary alicyclic amines) is 3. The quantitative estimate of drug-likeness (QED) is 0.0209. The Kier molecular flexibility index (Phi) is 29.7. The molecular formula is C56H96N6O30P2. The number of phosphoric ester groups is 2. The SMILES string of the molecule is CC(=O)NC1C(O)[C@@H](O)C(CO)O[C@H]1OCCCCC(=O)N1C[C@H](O)C[C@H]1COP(=O)(O)O[C@@H]1C[C@@H](COP(=O)(O)O[C@@H]2C[C@@H](C3CC3)N(C(=O)CCCCO[C@@H]3OC(CO)[C@H](O)C(O)C3NC(C)=O)C2)N(C(=O)CCCCO[C@@H]2OC(CO)[C@H](O)C(O)C2NC(C)=O)C1. The van der Waals surface area contributed by atoms with Gasteiger partial charge in [0.2, 0.25) is 35.4 Å². The summed E-state index contributed by atoms with van der Waals surface area (Å²) in [7, 11) is -10.0. The number of phosphoric acid groups is 2. The first-order valence-corrected chi connectivity index (χ1v) is 34.9. The maximum atomic E-state index is 14.0. The molecule has 0 spiro atoms. The second kappa shape index (κ2) is 36.0. The Morgan fingerprint density at radius 1 is 0.468 bits per heavy atom. The van der Waals surface area contributed by atoms with Gasteiger partial charge in [0.1, 0.15) is 73.1 Å². The van der Waals surface area contributed by atoms with E-state index < -0.39 is 201 Å². The third kappa shape index (κ3) is 21.9. The molecule has 7 aliphatic rings. The molecule has 0 bridgehead atoms. The molecule has 38 heteroatoms. The van der Waals surface area contributed by atoms with Gasteiger partial charge in [0.05, 0.1) is 63.4 Å². The van der Waals surface area contributed by atoms with Gasteiger partial charge in [-0.2, -0.15) is 0 Å². The normalized spacial score (nSPS) is 35.8. The van der Waals surface area contributed by atoms with Crippen LogP contribution in [0.3, 0.4) is 0 Å². The Bertz CT molecular complexity index is 2590. The largest absolute Gasteiger partial charge is 0.472 e. The average molecular weight is 1400 g/mol. The van der Waals surface area contributed by atoms with E-state index in [2.05, 4.69) is 16.0 Å². The predicted octanol–water partition coefficient (Wildman–Crippen LogP) is -5.04. The number of carbonyl (C=O) groups excluding carboxylic acids is 6. The molecule has 540 valence electrons. The summed E-state index contributed by atoms with van der Waals surface area (Å²) in [5.41, 5.74) is 0. The smallest absolute Gasteiger partial charge is 0.394 e. The zero-order valence-electron chi connectivity index (χ0n) is 52.8. The third-order valence-corrected chi connectivity index (χ3v) is 19.7. The van der Waals surface area contributed by atoms with Crippen molar-refractivity contribution in [3.8, 4) is 0 Å². The summed E-state index contributed by atoms with van der Waals surface area (Å²) in [6.07, 6.45) is -16.9. The Balaban J connectivity index is 0.918. The number of hydrogen-bond donors (Lipinski definition) is 15. The van der Waals surface area contributed by atoms with Gasteiger partial charge in [-0.1, -0.05) is 0 Å². The van der Waals surface area contributed by atoms with Crippen molar-refractivity contribution in [2.45, 2.75) is 239 Å². The lowest BCUT2D eigenvalue weighted by Gasteiger charge is -2.42. The van der Waals surface area contributed by atoms with Gasteiger partial charge in [0.25, 0.3) is 0 Å². The molecule has 36 nitrogen and oxygen atoms in total. The minimum Gasteiger partial charge on any atom is -0.394 e. The van der Waals surface area contributed by atoms with Crippen molar-refractivity contribution in [2.75, 3.05) is 72.5 Å². The fourth-order valence-electron chi connectivity index (χ4n) is 12.7. The fraction of sp³-hybridized carbons (Fsp3) is 0.893. The van der Waals surface area contributed by atoms with Crippen molar-refractivity contribution >= 4 is 51.1 Å². The molecule has 0 aromatic carbocycles. The molecule has 6 heterocycles. The van der Waals surface area contributed by atoms with Crippen molar-refractivity contribution in [3.63, 3.8) is 0 Å². The Hall–Kier alpha value is -3.60. The number of amides is 6. The fourth-order valence-corrected chi connectivity index (χ4v) is 14.6. The second-order valence-electron chi connectivity index (χ2n) is 25.0. The van der Waals surface area contributed by atoms with Gasteiger partial charge in [-0.05, 0) is 76.5 Å². The topological polar surface area (TPSA) is 517 Å². The van der Waals surface area contributed by atoms with Crippen LogP contribution in [0, 0.1) is 5.92 Å². The van der Waals surface area contributed by atoms with Crippen LogP contribution in [0.2, 0.25) is 0 Å². The minimum absolute atomic E-state index is 0.0131. The van der Waals surface area contributed by atoms with Crippen molar-refractivity contribution in [1.29, 1.82) is 0 Å². The van der Waals surface area contributed by atoms with Gasteiger partial charge in [0.15, 0.2) is 18.9 Å². The first-order valence-electron chi connectivity index (χ1n) is 31.9. The summed E-state index contributed by atoms with van der Waals surface area (Å²) in [6.45, 7) is -0.219. The molecule has 6 aliphatic heterocycles. The Labute approximate surface area is 542 Å². The summed E-state index contributed by atoms with van der Waals surface area (Å²) < 4.78 is 83.7. The first-order chi connectivity index (χ1) is 44.5. The molecule has 1 aliphatic carbocycles. The standard InChI is InChI=1S/C56H96N6O30P2/c1-29(66)57-45-51(76)48(73)39(24-63)88-54(45)83-15-7-4-10-42(70)60-21-35(69)18-33(60)27-86-93(79,80)91-36-19-34(61(22-36)43(71)11-5-8-16-84-55-46(58-30(2)67)52(77)49(74)40(25-64)89-55)28-87-94(81,82)92-37-20-38(32-13-14-32)62(23-37)44(72)12-6-9-17-85-56-47(59-31(3)68)53(78)50(75)41(26-65)90-56/h32-41,45-56,63-65,69,73-78H,4-28H2,1-3H3,(H,57,66)(H,58,67)(H,59,68)(H,79,80)(H,81,82)/t33-,34-,35+,36+,37+,38-,39?,40?,41?,45?,46?,47?,48-,49-,50-,51?,52?,53?,54+,55+,56+/m0/s1. The van der Waals surface area contributed by atoms with Crippen LogP contribution in [0.5, 0.6) is 0 Å². The van der Waals surface area contributed by atoms with Crippen LogP contribution >= 0.6 is 15.6 Å². The lowest BCUT2D eigenvalue weighted by molar-refractivity contribution is -0.270. The number of nitrogens with one attached hydrogen (secondary N) is 3. The molecule has 15 N–H and O–H groups in total. The van der Waals surface area contributed by atoms with E-state index in [1.165, 1.54) is 30.6 Å². The number of aliphatic hydroxyl groups excluding tert-OH is 10. The summed E-state index contributed by atoms with van der Waals surface area (Å²) in [6, 6.07) is -5.79. The van der Waals surface area contributed by atoms with Gasteiger partial charge >= 0.3 is 15.6 Å². The molecule has 7 rings (SSSR count). The van der Waals surface area contributed by atoms with E-state index in [0.717, 1.165) is 12.8 Å². The highest BCUT2D eigenvalue weighted by atomic mass is 31.2. The van der Waals surface area contributed by atoms with Crippen LogP contribution in [0.1, 0.15) is 111 Å². The molecular weight excluding hydrogens is 1300 g/mol. The van der Waals surface area contributed by atoms with E-state index in [9.17, 15) is 98.7 Å². The number of unbranched alkanes of at least 4 members (excludes halogenated alkanes) is 3. The molecule has 94 heavy (non-hydrogen) atoms. The lowest BCUT2D eigenvalue weighted by Crippen LogP contribution is -2.64. The highest BCUT2D eigenvalue weighted by Crippen LogP contribution is 2.51. The van der Waals surface area contributed by atoms with Gasteiger partial charge in [-0.3, -0.25) is 46.9 Å². The van der Waals surface area contributed by atoms with Gasteiger partial charge in [-0.25, -0.2) is 9.13 Å². The number of carbonyl (C=O) groups is 6. The molecule has 7 fully saturated rings. The van der Waals surface area contributed by atoms with E-state index in [0.29, 0.717) is 12.8 Å². The monoisotopic (exact) mass is 1390 g/mol. The third-order valence-electron chi connectivity index (χ3n) is 17.6. The van der Waals surface area contributed by atoms with E-state index in [1.54, 1.807) is 4.90 Å². The predicted molar refractivity (Wildman–Crippen MR) is 316 cm³/mol. The van der Waals surface area contributed by atoms with Crippen LogP contribution in [0.25, 0.3) is 0 Å². The summed E-state index contributed by atoms with van der Waals surface area (Å²) in [4.78, 5) is 103. The van der Waals surface area contributed by atoms with E-state index in [-0.39, 0.29) is 122 Å². The van der Waals surface area contributed by atoms with Crippen LogP contribution < -0.4 is 16.0 Å². The number of ether oxygens (including phenoxy) is 6. The Morgan fingerprint density at radius 2 is 0.809 bits per heavy atom. The first kappa shape index (κ1) is 77.7. The van der Waals surface area contributed by atoms with Crippen molar-refractivity contribution in [3.05, 3.63) is 0 Å². The molecule has 0 aromatic rings. The van der Waals surface area contributed by atoms with Crippen LogP contribution in [0.15, 0.2) is 0 Å². The molecule has 1 saturated carbocycles. The van der Waals surface area contributed by atoms with E-state index in [1.807, 2.05) is 0 Å². The van der Waals surface area contributed by atoms with Crippen molar-refractivity contribution < 1.29 is 145 Å². The van der Waals surface area contributed by atoms with Crippen molar-refractivity contribution in [1.82, 2.24) is 30.7 Å². The van der Waals surface area contributed by atoms with Gasteiger partial charge < -0.3 is 120 Å². The molecule has 0 radical (unpaired) electrons. The highest BCUT2D eigenvalue weighted by Gasteiger charge is 2.51. The summed E-state index contributed by atoms with van der Waals surface area (Å²) in [5, 5.41) is 110. The van der Waals surface area contributed by atoms with E-state index >= 15 is 0 Å². The van der Waals surface area contributed by atoms with Gasteiger partial charge in [0, 0.05) is 85.5 Å². The molecule has 23 atom stereocenters. The molecule has 0 aromatic heterocycles. The Morgan fingerprint density at radius 3 is 1.17 bits per heavy atom.